The summed E-state index contributed by atoms with van der Waals surface area (Å²) in [5.74, 6) is 0.0727. The number of nitrogens with one attached hydrogen (secondary N) is 1. The van der Waals surface area contributed by atoms with E-state index in [0.717, 1.165) is 6.54 Å². The van der Waals surface area contributed by atoms with Crippen molar-refractivity contribution in [1.82, 2.24) is 5.32 Å². The zero-order chi connectivity index (χ0) is 13.5. The van der Waals surface area contributed by atoms with Crippen LogP contribution in [0.1, 0.15) is 30.0 Å². The first kappa shape index (κ1) is 13.8. The van der Waals surface area contributed by atoms with E-state index in [0.29, 0.717) is 0 Å². The van der Waals surface area contributed by atoms with Crippen LogP contribution in [0, 0.1) is 0 Å². The summed E-state index contributed by atoms with van der Waals surface area (Å²) in [6, 6.07) is 20.7. The van der Waals surface area contributed by atoms with Gasteiger partial charge >= 0.3 is 0 Å². The van der Waals surface area contributed by atoms with Crippen LogP contribution >= 0.6 is 0 Å². The summed E-state index contributed by atoms with van der Waals surface area (Å²) >= 11 is 0. The van der Waals surface area contributed by atoms with E-state index in [2.05, 4.69) is 36.5 Å². The Morgan fingerprint density at radius 2 is 1.42 bits per heavy atom. The third-order valence-corrected chi connectivity index (χ3v) is 3.41. The van der Waals surface area contributed by atoms with Crippen molar-refractivity contribution >= 4 is 0 Å². The number of aliphatic hydroxyl groups excluding tert-OH is 1. The highest BCUT2D eigenvalue weighted by Crippen LogP contribution is 2.30. The fraction of sp³-hybridized carbons (Fsp3) is 0.294. The molecular weight excluding hydrogens is 234 g/mol. The second-order valence-electron chi connectivity index (χ2n) is 4.65. The number of hydrogen-bond acceptors (Lipinski definition) is 2. The number of rotatable bonds is 6. The van der Waals surface area contributed by atoms with Crippen molar-refractivity contribution < 1.29 is 5.11 Å². The zero-order valence-electron chi connectivity index (χ0n) is 11.3. The van der Waals surface area contributed by atoms with Crippen LogP contribution in [0.15, 0.2) is 60.7 Å². The van der Waals surface area contributed by atoms with Crippen molar-refractivity contribution in [2.24, 2.45) is 0 Å². The molecule has 0 aliphatic rings. The quantitative estimate of drug-likeness (QED) is 0.831. The number of aliphatic hydroxyl groups is 1. The minimum atomic E-state index is 0.0727. The molecule has 0 aliphatic heterocycles. The molecule has 0 spiro atoms. The van der Waals surface area contributed by atoms with E-state index in [4.69, 9.17) is 0 Å². The molecule has 0 saturated carbocycles. The molecule has 0 aromatic heterocycles. The summed E-state index contributed by atoms with van der Waals surface area (Å²) < 4.78 is 0. The van der Waals surface area contributed by atoms with Crippen molar-refractivity contribution in [2.75, 3.05) is 13.2 Å². The maximum atomic E-state index is 9.80. The highest BCUT2D eigenvalue weighted by atomic mass is 16.3. The van der Waals surface area contributed by atoms with Crippen molar-refractivity contribution in [3.63, 3.8) is 0 Å². The highest BCUT2D eigenvalue weighted by molar-refractivity contribution is 5.28. The molecule has 0 amide bonds. The lowest BCUT2D eigenvalue weighted by Gasteiger charge is -2.27. The topological polar surface area (TPSA) is 32.3 Å². The molecule has 2 aromatic carbocycles. The van der Waals surface area contributed by atoms with Gasteiger partial charge in [-0.1, -0.05) is 67.6 Å². The van der Waals surface area contributed by atoms with E-state index in [1.165, 1.54) is 11.1 Å². The summed E-state index contributed by atoms with van der Waals surface area (Å²) in [6.45, 7) is 3.11. The lowest BCUT2D eigenvalue weighted by Crippen LogP contribution is -2.29. The first-order valence-corrected chi connectivity index (χ1v) is 6.81. The van der Waals surface area contributed by atoms with Gasteiger partial charge in [0.1, 0.15) is 0 Å². The van der Waals surface area contributed by atoms with Crippen molar-refractivity contribution in [1.29, 1.82) is 0 Å². The Balaban J connectivity index is 2.31. The smallest absolute Gasteiger partial charge is 0.0518 e. The van der Waals surface area contributed by atoms with Gasteiger partial charge in [-0.05, 0) is 17.7 Å². The van der Waals surface area contributed by atoms with Crippen LogP contribution < -0.4 is 5.32 Å². The molecule has 2 heteroatoms. The predicted molar refractivity (Wildman–Crippen MR) is 79.1 cm³/mol. The molecule has 2 rings (SSSR count). The summed E-state index contributed by atoms with van der Waals surface area (Å²) in [5.41, 5.74) is 2.38. The maximum absolute atomic E-state index is 9.80. The number of hydrogen-bond donors (Lipinski definition) is 2. The highest BCUT2D eigenvalue weighted by Gasteiger charge is 2.23. The van der Waals surface area contributed by atoms with Gasteiger partial charge in [-0.2, -0.15) is 0 Å². The van der Waals surface area contributed by atoms with Gasteiger partial charge in [-0.3, -0.25) is 0 Å². The predicted octanol–water partition coefficient (Wildman–Crippen LogP) is 3.11. The van der Waals surface area contributed by atoms with Gasteiger partial charge < -0.3 is 10.4 Å². The standard InChI is InChI=1S/C17H21NO/c1-2-18-17(15-11-7-4-8-12-15)16(13-19)14-9-5-3-6-10-14/h3-12,16-19H,2,13H2,1H3. The molecule has 0 bridgehead atoms. The van der Waals surface area contributed by atoms with E-state index in [9.17, 15) is 5.11 Å². The average Bonchev–Trinajstić information content (AvgIpc) is 2.49. The normalized spacial score (nSPS) is 14.0. The van der Waals surface area contributed by atoms with Gasteiger partial charge in [0.15, 0.2) is 0 Å². The molecule has 2 nitrogen and oxygen atoms in total. The molecule has 0 aliphatic carbocycles. The molecular formula is C17H21NO. The Morgan fingerprint density at radius 3 is 1.89 bits per heavy atom. The second kappa shape index (κ2) is 7.07. The first-order chi connectivity index (χ1) is 9.36. The molecule has 0 saturated heterocycles. The third-order valence-electron chi connectivity index (χ3n) is 3.41. The molecule has 2 aromatic rings. The summed E-state index contributed by atoms with van der Waals surface area (Å²) in [6.07, 6.45) is 0. The molecule has 100 valence electrons. The van der Waals surface area contributed by atoms with Crippen LogP contribution in [-0.4, -0.2) is 18.3 Å². The van der Waals surface area contributed by atoms with Gasteiger partial charge in [0.2, 0.25) is 0 Å². The molecule has 2 atom stereocenters. The van der Waals surface area contributed by atoms with Crippen LogP contribution in [0.3, 0.4) is 0 Å². The minimum Gasteiger partial charge on any atom is -0.396 e. The molecule has 19 heavy (non-hydrogen) atoms. The van der Waals surface area contributed by atoms with Crippen LogP contribution in [0.5, 0.6) is 0 Å². The van der Waals surface area contributed by atoms with Crippen molar-refractivity contribution in [3.8, 4) is 0 Å². The summed E-state index contributed by atoms with van der Waals surface area (Å²) in [7, 11) is 0. The Labute approximate surface area is 115 Å². The summed E-state index contributed by atoms with van der Waals surface area (Å²) in [4.78, 5) is 0. The largest absolute Gasteiger partial charge is 0.396 e. The van der Waals surface area contributed by atoms with E-state index in [1.54, 1.807) is 0 Å². The van der Waals surface area contributed by atoms with Gasteiger partial charge in [0, 0.05) is 12.0 Å². The Morgan fingerprint density at radius 1 is 0.895 bits per heavy atom. The van der Waals surface area contributed by atoms with Crippen LogP contribution in [0.2, 0.25) is 0 Å². The fourth-order valence-electron chi connectivity index (χ4n) is 2.48. The van der Waals surface area contributed by atoms with Crippen LogP contribution in [0.4, 0.5) is 0 Å². The van der Waals surface area contributed by atoms with E-state index < -0.39 is 0 Å². The lowest BCUT2D eigenvalue weighted by atomic mass is 9.87. The number of likely N-dealkylation sites (N-methyl/N-ethyl adjacent to an activating group) is 1. The van der Waals surface area contributed by atoms with E-state index in [-0.39, 0.29) is 18.6 Å². The Bertz CT molecular complexity index is 469. The van der Waals surface area contributed by atoms with Gasteiger partial charge in [0.25, 0.3) is 0 Å². The lowest BCUT2D eigenvalue weighted by molar-refractivity contribution is 0.236. The van der Waals surface area contributed by atoms with Gasteiger partial charge in [-0.25, -0.2) is 0 Å². The monoisotopic (exact) mass is 255 g/mol. The molecule has 0 radical (unpaired) electrons. The van der Waals surface area contributed by atoms with Gasteiger partial charge in [-0.15, -0.1) is 0 Å². The van der Waals surface area contributed by atoms with Crippen molar-refractivity contribution in [3.05, 3.63) is 71.8 Å². The SMILES string of the molecule is CCNC(c1ccccc1)C(CO)c1ccccc1. The average molecular weight is 255 g/mol. The maximum Gasteiger partial charge on any atom is 0.0518 e. The zero-order valence-corrected chi connectivity index (χ0v) is 11.3. The Kier molecular flexibility index (Phi) is 5.13. The van der Waals surface area contributed by atoms with E-state index >= 15 is 0 Å². The van der Waals surface area contributed by atoms with Gasteiger partial charge in [0.05, 0.1) is 6.61 Å². The molecule has 2 N–H and O–H groups in total. The van der Waals surface area contributed by atoms with E-state index in [1.807, 2.05) is 36.4 Å². The molecule has 2 unspecified atom stereocenters. The van der Waals surface area contributed by atoms with Crippen LogP contribution in [0.25, 0.3) is 0 Å². The summed E-state index contributed by atoms with van der Waals surface area (Å²) in [5, 5.41) is 13.3. The van der Waals surface area contributed by atoms with Crippen molar-refractivity contribution in [2.45, 2.75) is 18.9 Å². The van der Waals surface area contributed by atoms with Crippen LogP contribution in [-0.2, 0) is 0 Å². The minimum absolute atomic E-state index is 0.0727. The fourth-order valence-corrected chi connectivity index (χ4v) is 2.48. The third kappa shape index (κ3) is 3.43. The molecule has 0 fully saturated rings. The number of benzene rings is 2. The Hall–Kier alpha value is -1.64. The second-order valence-corrected chi connectivity index (χ2v) is 4.65. The molecule has 0 heterocycles. The first-order valence-electron chi connectivity index (χ1n) is 6.81.